The van der Waals surface area contributed by atoms with Gasteiger partial charge in [0, 0.05) is 25.6 Å². The van der Waals surface area contributed by atoms with E-state index in [0.717, 1.165) is 49.5 Å². The Balaban J connectivity index is 1.50. The maximum absolute atomic E-state index is 11.9. The summed E-state index contributed by atoms with van der Waals surface area (Å²) in [5.41, 5.74) is 3.61. The van der Waals surface area contributed by atoms with Crippen molar-refractivity contribution in [1.29, 1.82) is 0 Å². The second-order valence-corrected chi connectivity index (χ2v) is 15.0. The zero-order valence-corrected chi connectivity index (χ0v) is 26.6. The Labute approximate surface area is 245 Å². The van der Waals surface area contributed by atoms with Gasteiger partial charge in [-0.15, -0.1) is 0 Å². The number of benzene rings is 1. The lowest BCUT2D eigenvalue weighted by atomic mass is 9.45. The van der Waals surface area contributed by atoms with Crippen LogP contribution in [0.3, 0.4) is 0 Å². The summed E-state index contributed by atoms with van der Waals surface area (Å²) in [4.78, 5) is 14.6. The molecule has 40 heavy (non-hydrogen) atoms. The molecule has 5 rings (SSSR count). The van der Waals surface area contributed by atoms with Crippen LogP contribution in [0.25, 0.3) is 0 Å². The predicted molar refractivity (Wildman–Crippen MR) is 167 cm³/mol. The minimum Gasteiger partial charge on any atom is -0.462 e. The van der Waals surface area contributed by atoms with Crippen molar-refractivity contribution in [2.75, 3.05) is 11.4 Å². The lowest BCUT2D eigenvalue weighted by Crippen LogP contribution is -2.59. The van der Waals surface area contributed by atoms with Crippen molar-refractivity contribution < 1.29 is 9.53 Å². The van der Waals surface area contributed by atoms with Gasteiger partial charge in [0.05, 0.1) is 6.04 Å². The molecular weight excluding hydrogens is 490 g/mol. The highest BCUT2D eigenvalue weighted by Gasteiger charge is 2.62. The number of hydrogen-bond donors (Lipinski definition) is 0. The van der Waals surface area contributed by atoms with Crippen molar-refractivity contribution in [2.45, 2.75) is 125 Å². The third-order valence-corrected chi connectivity index (χ3v) is 12.4. The monoisotopic (exact) mass is 547 g/mol. The fraction of sp³-hybridized carbons (Fsp3) is 0.757. The number of nitrogens with zero attached hydrogens (tertiary/aromatic N) is 1. The number of ether oxygens (including phenoxy) is 1. The highest BCUT2D eigenvalue weighted by molar-refractivity contribution is 5.66. The van der Waals surface area contributed by atoms with Crippen LogP contribution in [0.1, 0.15) is 113 Å². The van der Waals surface area contributed by atoms with Crippen LogP contribution < -0.4 is 4.90 Å². The highest BCUT2D eigenvalue weighted by Crippen LogP contribution is 2.68. The number of para-hydroxylation sites is 1. The first-order valence-corrected chi connectivity index (χ1v) is 16.8. The Morgan fingerprint density at radius 1 is 1.00 bits per heavy atom. The van der Waals surface area contributed by atoms with E-state index >= 15 is 0 Å². The van der Waals surface area contributed by atoms with Gasteiger partial charge in [-0.3, -0.25) is 4.79 Å². The lowest BCUT2D eigenvalue weighted by Gasteiger charge is -2.61. The summed E-state index contributed by atoms with van der Waals surface area (Å²) in [7, 11) is 0. The van der Waals surface area contributed by atoms with Gasteiger partial charge in [0.15, 0.2) is 0 Å². The number of esters is 1. The number of fused-ring (bicyclic) bond motifs is 5. The average Bonchev–Trinajstić information content (AvgIpc) is 3.27. The zero-order valence-electron chi connectivity index (χ0n) is 26.6. The number of carbonyl (C=O) groups is 1. The van der Waals surface area contributed by atoms with Crippen molar-refractivity contribution >= 4 is 11.7 Å². The van der Waals surface area contributed by atoms with E-state index in [1.54, 1.807) is 12.5 Å². The van der Waals surface area contributed by atoms with E-state index < -0.39 is 0 Å². The summed E-state index contributed by atoms with van der Waals surface area (Å²) in [5, 5.41) is 0. The molecule has 3 fully saturated rings. The molecule has 0 heterocycles. The van der Waals surface area contributed by atoms with Gasteiger partial charge in [-0.1, -0.05) is 83.7 Å². The molecule has 0 radical (unpaired) electrons. The molecule has 3 saturated carbocycles. The molecule has 1 aromatic rings. The van der Waals surface area contributed by atoms with Gasteiger partial charge in [-0.25, -0.2) is 0 Å². The minimum atomic E-state index is -0.133. The summed E-state index contributed by atoms with van der Waals surface area (Å²) in [6.45, 7) is 17.5. The molecule has 9 atom stereocenters. The molecule has 4 aliphatic rings. The van der Waals surface area contributed by atoms with Crippen molar-refractivity contribution in [3.63, 3.8) is 0 Å². The third-order valence-electron chi connectivity index (χ3n) is 12.4. The van der Waals surface area contributed by atoms with Gasteiger partial charge in [-0.05, 0) is 104 Å². The predicted octanol–water partition coefficient (Wildman–Crippen LogP) is 9.46. The Kier molecular flexibility index (Phi) is 8.80. The van der Waals surface area contributed by atoms with Crippen LogP contribution in [0, 0.1) is 46.3 Å². The largest absolute Gasteiger partial charge is 0.462 e. The summed E-state index contributed by atoms with van der Waals surface area (Å²) >= 11 is 0. The molecule has 222 valence electrons. The van der Waals surface area contributed by atoms with Gasteiger partial charge >= 0.3 is 5.97 Å². The quantitative estimate of drug-likeness (QED) is 0.228. The van der Waals surface area contributed by atoms with Crippen LogP contribution in [-0.2, 0) is 9.53 Å². The fourth-order valence-electron chi connectivity index (χ4n) is 10.5. The van der Waals surface area contributed by atoms with Gasteiger partial charge < -0.3 is 9.64 Å². The number of anilines is 1. The normalized spacial score (nSPS) is 37.6. The summed E-state index contributed by atoms with van der Waals surface area (Å²) < 4.78 is 5.81. The van der Waals surface area contributed by atoms with Crippen molar-refractivity contribution in [2.24, 2.45) is 46.3 Å². The highest BCUT2D eigenvalue weighted by atomic mass is 16.5. The smallest absolute Gasteiger partial charge is 0.302 e. The van der Waals surface area contributed by atoms with Crippen LogP contribution in [0.5, 0.6) is 0 Å². The number of rotatable bonds is 9. The Morgan fingerprint density at radius 2 is 1.75 bits per heavy atom. The fourth-order valence-corrected chi connectivity index (χ4v) is 10.5. The molecule has 0 amide bonds. The van der Waals surface area contributed by atoms with Crippen molar-refractivity contribution in [3.8, 4) is 0 Å². The van der Waals surface area contributed by atoms with Gasteiger partial charge in [0.1, 0.15) is 6.10 Å². The first kappa shape index (κ1) is 29.7. The molecule has 0 N–H and O–H groups in total. The topological polar surface area (TPSA) is 29.5 Å². The molecule has 0 aromatic heterocycles. The molecule has 0 spiro atoms. The van der Waals surface area contributed by atoms with Crippen LogP contribution in [0.2, 0.25) is 0 Å². The van der Waals surface area contributed by atoms with E-state index in [0.29, 0.717) is 23.3 Å². The molecule has 3 nitrogen and oxygen atoms in total. The lowest BCUT2D eigenvalue weighted by molar-refractivity contribution is -0.148. The minimum absolute atomic E-state index is 0.0391. The van der Waals surface area contributed by atoms with E-state index in [2.05, 4.69) is 82.9 Å². The number of hydrogen-bond acceptors (Lipinski definition) is 3. The average molecular weight is 548 g/mol. The van der Waals surface area contributed by atoms with Crippen LogP contribution >= 0.6 is 0 Å². The third kappa shape index (κ3) is 5.40. The van der Waals surface area contributed by atoms with E-state index in [9.17, 15) is 4.79 Å². The standard InChI is InChI=1S/C37H57NO2/c1-8-38(29-15-10-9-11-16-29)34-24-28-23-30(40-27(5)39)19-21-36(28,6)33-20-22-37(7)31(17-18-32(37)35(33)34)26(4)14-12-13-25(2)3/h9-11,15-16,24-26,30-35H,8,12-14,17-23H2,1-7H3/t26-,30+,31+,32-,33-,34+,35-,36-,37+/m0/s1. The SMILES string of the molecule is CCN(c1ccccc1)[C@@H]1C=C2C[C@H](OC(C)=O)CC[C@]2(C)[C@H]2CC[C@]3(C)[C@@H]([C@@H](C)CCCC(C)C)CC[C@H]3[C@H]12. The first-order valence-electron chi connectivity index (χ1n) is 16.8. The van der Waals surface area contributed by atoms with E-state index in [1.165, 1.54) is 50.6 Å². The van der Waals surface area contributed by atoms with Crippen LogP contribution in [-0.4, -0.2) is 24.7 Å². The Bertz CT molecular complexity index is 1050. The summed E-state index contributed by atoms with van der Waals surface area (Å²) in [6.07, 6.45) is 15.5. The van der Waals surface area contributed by atoms with E-state index in [1.807, 2.05) is 0 Å². The molecule has 0 bridgehead atoms. The van der Waals surface area contributed by atoms with Gasteiger partial charge in [-0.2, -0.15) is 0 Å². The molecule has 4 aliphatic carbocycles. The number of likely N-dealkylation sites (N-methyl/N-ethyl adjacent to an activating group) is 1. The molecule has 0 unspecified atom stereocenters. The van der Waals surface area contributed by atoms with Crippen LogP contribution in [0.4, 0.5) is 5.69 Å². The maximum Gasteiger partial charge on any atom is 0.302 e. The van der Waals surface area contributed by atoms with Gasteiger partial charge in [0.2, 0.25) is 0 Å². The molecule has 1 aromatic carbocycles. The zero-order chi connectivity index (χ0) is 28.7. The molecule has 3 heteroatoms. The molecular formula is C37H57NO2. The van der Waals surface area contributed by atoms with Crippen molar-refractivity contribution in [3.05, 3.63) is 42.0 Å². The Morgan fingerprint density at radius 3 is 2.42 bits per heavy atom. The van der Waals surface area contributed by atoms with Crippen LogP contribution in [0.15, 0.2) is 42.0 Å². The van der Waals surface area contributed by atoms with Crippen molar-refractivity contribution in [1.82, 2.24) is 0 Å². The van der Waals surface area contributed by atoms with Gasteiger partial charge in [0.25, 0.3) is 0 Å². The van der Waals surface area contributed by atoms with E-state index in [4.69, 9.17) is 4.74 Å². The Hall–Kier alpha value is -1.77. The second kappa shape index (κ2) is 11.8. The summed E-state index contributed by atoms with van der Waals surface area (Å²) in [6, 6.07) is 11.6. The second-order valence-electron chi connectivity index (χ2n) is 15.0. The first-order chi connectivity index (χ1) is 19.1. The van der Waals surface area contributed by atoms with E-state index in [-0.39, 0.29) is 17.5 Å². The molecule has 0 aliphatic heterocycles. The number of carbonyl (C=O) groups excluding carboxylic acids is 1. The summed E-state index contributed by atoms with van der Waals surface area (Å²) in [5.74, 6) is 4.54. The maximum atomic E-state index is 11.9. The molecule has 0 saturated heterocycles.